The predicted molar refractivity (Wildman–Crippen MR) is 124 cm³/mol. The van der Waals surface area contributed by atoms with Gasteiger partial charge < -0.3 is 24.3 Å². The molecule has 0 bridgehead atoms. The SMILES string of the molecule is COc1ccc(-n2c(C)cc(C(=O)NCC(c3ccccc3OC)N(C)C)c2C)cc1. The number of carbonyl (C=O) groups is 1. The zero-order valence-corrected chi connectivity index (χ0v) is 19.1. The van der Waals surface area contributed by atoms with Crippen LogP contribution < -0.4 is 14.8 Å². The largest absolute Gasteiger partial charge is 0.497 e. The Balaban J connectivity index is 1.81. The summed E-state index contributed by atoms with van der Waals surface area (Å²) in [5, 5.41) is 3.11. The van der Waals surface area contributed by atoms with Gasteiger partial charge >= 0.3 is 0 Å². The van der Waals surface area contributed by atoms with Crippen molar-refractivity contribution < 1.29 is 14.3 Å². The quantitative estimate of drug-likeness (QED) is 0.594. The van der Waals surface area contributed by atoms with Crippen molar-refractivity contribution >= 4 is 5.91 Å². The highest BCUT2D eigenvalue weighted by Gasteiger charge is 2.21. The average Bonchev–Trinajstić information content (AvgIpc) is 3.07. The molecule has 6 nitrogen and oxygen atoms in total. The zero-order chi connectivity index (χ0) is 22.5. The number of nitrogens with one attached hydrogen (secondary N) is 1. The molecule has 3 rings (SSSR count). The monoisotopic (exact) mass is 421 g/mol. The molecule has 0 saturated carbocycles. The highest BCUT2D eigenvalue weighted by atomic mass is 16.5. The standard InChI is InChI=1S/C25H31N3O3/c1-17-15-22(18(2)28(17)19-11-13-20(30-5)14-12-19)25(29)26-16-23(27(3)4)21-9-7-8-10-24(21)31-6/h7-15,23H,16H2,1-6H3,(H,26,29). The number of para-hydroxylation sites is 1. The molecule has 0 saturated heterocycles. The fraction of sp³-hybridized carbons (Fsp3) is 0.320. The fourth-order valence-corrected chi connectivity index (χ4v) is 3.92. The van der Waals surface area contributed by atoms with Crippen LogP contribution in [0.4, 0.5) is 0 Å². The van der Waals surface area contributed by atoms with Crippen LogP contribution in [0.15, 0.2) is 54.6 Å². The van der Waals surface area contributed by atoms with Gasteiger partial charge in [0.15, 0.2) is 0 Å². The second kappa shape index (κ2) is 9.71. The van der Waals surface area contributed by atoms with Crippen molar-refractivity contribution in [3.05, 3.63) is 77.1 Å². The van der Waals surface area contributed by atoms with Gasteiger partial charge in [-0.05, 0) is 64.3 Å². The Bertz CT molecular complexity index is 1040. The lowest BCUT2D eigenvalue weighted by molar-refractivity contribution is 0.0941. The van der Waals surface area contributed by atoms with Crippen LogP contribution in [0.5, 0.6) is 11.5 Å². The minimum atomic E-state index is -0.0883. The van der Waals surface area contributed by atoms with E-state index in [-0.39, 0.29) is 11.9 Å². The molecule has 1 N–H and O–H groups in total. The second-order valence-electron chi connectivity index (χ2n) is 7.75. The van der Waals surface area contributed by atoms with Gasteiger partial charge in [0.2, 0.25) is 0 Å². The topological polar surface area (TPSA) is 55.7 Å². The number of rotatable bonds is 8. The Hall–Kier alpha value is -3.25. The molecule has 0 spiro atoms. The highest BCUT2D eigenvalue weighted by Crippen LogP contribution is 2.28. The van der Waals surface area contributed by atoms with Crippen molar-refractivity contribution in [2.45, 2.75) is 19.9 Å². The molecule has 3 aromatic rings. The van der Waals surface area contributed by atoms with Crippen molar-refractivity contribution in [3.63, 3.8) is 0 Å². The average molecular weight is 422 g/mol. The minimum Gasteiger partial charge on any atom is -0.497 e. The lowest BCUT2D eigenvalue weighted by atomic mass is 10.0. The lowest BCUT2D eigenvalue weighted by Gasteiger charge is -2.26. The zero-order valence-electron chi connectivity index (χ0n) is 19.1. The molecule has 0 aliphatic heterocycles. The first-order valence-electron chi connectivity index (χ1n) is 10.3. The van der Waals surface area contributed by atoms with Gasteiger partial charge in [0.1, 0.15) is 11.5 Å². The smallest absolute Gasteiger partial charge is 0.253 e. The Morgan fingerprint density at radius 3 is 2.32 bits per heavy atom. The number of carbonyl (C=O) groups excluding carboxylic acids is 1. The summed E-state index contributed by atoms with van der Waals surface area (Å²) < 4.78 is 12.9. The van der Waals surface area contributed by atoms with E-state index in [1.165, 1.54) is 0 Å². The van der Waals surface area contributed by atoms with Crippen molar-refractivity contribution in [2.75, 3.05) is 34.9 Å². The summed E-state index contributed by atoms with van der Waals surface area (Å²) in [6.07, 6.45) is 0. The van der Waals surface area contributed by atoms with E-state index in [9.17, 15) is 4.79 Å². The van der Waals surface area contributed by atoms with E-state index < -0.39 is 0 Å². The van der Waals surface area contributed by atoms with Gasteiger partial charge in [-0.3, -0.25) is 4.79 Å². The summed E-state index contributed by atoms with van der Waals surface area (Å²) >= 11 is 0. The van der Waals surface area contributed by atoms with E-state index in [2.05, 4.69) is 14.8 Å². The van der Waals surface area contributed by atoms with Crippen molar-refractivity contribution in [2.24, 2.45) is 0 Å². The van der Waals surface area contributed by atoms with Gasteiger partial charge in [0, 0.05) is 29.2 Å². The number of hydrogen-bond acceptors (Lipinski definition) is 4. The lowest BCUT2D eigenvalue weighted by Crippen LogP contribution is -2.35. The molecule has 31 heavy (non-hydrogen) atoms. The van der Waals surface area contributed by atoms with E-state index in [1.54, 1.807) is 14.2 Å². The van der Waals surface area contributed by atoms with Gasteiger partial charge in [-0.25, -0.2) is 0 Å². The predicted octanol–water partition coefficient (Wildman–Crippen LogP) is 4.14. The van der Waals surface area contributed by atoms with Gasteiger partial charge in [-0.1, -0.05) is 18.2 Å². The van der Waals surface area contributed by atoms with Crippen LogP contribution in [0, 0.1) is 13.8 Å². The fourth-order valence-electron chi connectivity index (χ4n) is 3.92. The number of benzene rings is 2. The summed E-state index contributed by atoms with van der Waals surface area (Å²) in [4.78, 5) is 15.2. The normalized spacial score (nSPS) is 12.0. The van der Waals surface area contributed by atoms with Crippen LogP contribution in [-0.2, 0) is 0 Å². The number of nitrogens with zero attached hydrogens (tertiary/aromatic N) is 2. The number of ether oxygens (including phenoxy) is 2. The van der Waals surface area contributed by atoms with Crippen LogP contribution in [0.2, 0.25) is 0 Å². The molecule has 0 aliphatic carbocycles. The maximum absolute atomic E-state index is 13.1. The van der Waals surface area contributed by atoms with E-state index in [1.807, 2.05) is 82.5 Å². The molecule has 0 radical (unpaired) electrons. The van der Waals surface area contributed by atoms with Gasteiger partial charge in [-0.15, -0.1) is 0 Å². The van der Waals surface area contributed by atoms with Gasteiger partial charge in [0.05, 0.1) is 25.8 Å². The van der Waals surface area contributed by atoms with Gasteiger partial charge in [0.25, 0.3) is 5.91 Å². The van der Waals surface area contributed by atoms with Crippen molar-refractivity contribution in [1.29, 1.82) is 0 Å². The molecular weight excluding hydrogens is 390 g/mol. The van der Waals surface area contributed by atoms with Gasteiger partial charge in [-0.2, -0.15) is 0 Å². The molecule has 1 amide bonds. The van der Waals surface area contributed by atoms with Crippen LogP contribution in [0.3, 0.4) is 0 Å². The van der Waals surface area contributed by atoms with Crippen LogP contribution in [0.25, 0.3) is 5.69 Å². The molecule has 1 aromatic heterocycles. The molecule has 2 aromatic carbocycles. The Morgan fingerprint density at radius 2 is 1.71 bits per heavy atom. The van der Waals surface area contributed by atoms with E-state index >= 15 is 0 Å². The second-order valence-corrected chi connectivity index (χ2v) is 7.75. The van der Waals surface area contributed by atoms with Crippen LogP contribution in [-0.4, -0.2) is 50.2 Å². The third-order valence-corrected chi connectivity index (χ3v) is 5.58. The first-order valence-corrected chi connectivity index (χ1v) is 10.3. The van der Waals surface area contributed by atoms with E-state index in [0.717, 1.165) is 34.1 Å². The number of likely N-dealkylation sites (N-methyl/N-ethyl adjacent to an activating group) is 1. The Morgan fingerprint density at radius 1 is 1.03 bits per heavy atom. The number of aromatic nitrogens is 1. The van der Waals surface area contributed by atoms with Crippen LogP contribution >= 0.6 is 0 Å². The molecule has 164 valence electrons. The third kappa shape index (κ3) is 4.75. The molecule has 0 aliphatic rings. The summed E-state index contributed by atoms with van der Waals surface area (Å²) in [5.74, 6) is 1.53. The maximum atomic E-state index is 13.1. The third-order valence-electron chi connectivity index (χ3n) is 5.58. The molecule has 6 heteroatoms. The maximum Gasteiger partial charge on any atom is 0.253 e. The van der Waals surface area contributed by atoms with E-state index in [0.29, 0.717) is 12.1 Å². The highest BCUT2D eigenvalue weighted by molar-refractivity contribution is 5.96. The molecule has 1 atom stereocenters. The molecule has 0 fully saturated rings. The van der Waals surface area contributed by atoms with Crippen LogP contribution in [0.1, 0.15) is 33.4 Å². The molecule has 1 heterocycles. The van der Waals surface area contributed by atoms with Crippen molar-refractivity contribution in [1.82, 2.24) is 14.8 Å². The summed E-state index contributed by atoms with van der Waals surface area (Å²) in [7, 11) is 7.31. The minimum absolute atomic E-state index is 0.00910. The first kappa shape index (κ1) is 22.4. The Kier molecular flexibility index (Phi) is 7.02. The van der Waals surface area contributed by atoms with Crippen molar-refractivity contribution in [3.8, 4) is 17.2 Å². The molecule has 1 unspecified atom stereocenters. The number of aryl methyl sites for hydroxylation is 1. The molecular formula is C25H31N3O3. The summed E-state index contributed by atoms with van der Waals surface area (Å²) in [6.45, 7) is 4.44. The number of hydrogen-bond donors (Lipinski definition) is 1. The van der Waals surface area contributed by atoms with E-state index in [4.69, 9.17) is 9.47 Å². The Labute approximate surface area is 184 Å². The first-order chi connectivity index (χ1) is 14.9. The summed E-state index contributed by atoms with van der Waals surface area (Å²) in [6, 6.07) is 17.6. The number of methoxy groups -OCH3 is 2. The number of amides is 1. The summed E-state index contributed by atoms with van der Waals surface area (Å²) in [5.41, 5.74) is 4.61.